The number of aromatic nitrogens is 3. The van der Waals surface area contributed by atoms with Crippen LogP contribution in [0, 0.1) is 5.92 Å². The van der Waals surface area contributed by atoms with E-state index in [2.05, 4.69) is 49.0 Å². The maximum absolute atomic E-state index is 12.7. The molecule has 1 N–H and O–H groups in total. The van der Waals surface area contributed by atoms with E-state index in [4.69, 9.17) is 9.47 Å². The molecule has 194 valence electrons. The van der Waals surface area contributed by atoms with Crippen LogP contribution in [0.5, 0.6) is 0 Å². The summed E-state index contributed by atoms with van der Waals surface area (Å²) in [5, 5.41) is 2.96. The van der Waals surface area contributed by atoms with E-state index >= 15 is 0 Å². The van der Waals surface area contributed by atoms with Gasteiger partial charge in [-0.15, -0.1) is 0 Å². The van der Waals surface area contributed by atoms with Crippen LogP contribution in [0.2, 0.25) is 0 Å². The van der Waals surface area contributed by atoms with Crippen LogP contribution in [-0.4, -0.2) is 64.9 Å². The number of carbonyl (C=O) groups is 1. The van der Waals surface area contributed by atoms with Crippen LogP contribution in [-0.2, 0) is 27.4 Å². The Labute approximate surface area is 221 Å². The molecule has 0 saturated carbocycles. The molecule has 2 saturated heterocycles. The number of ether oxygens (including phenoxy) is 2. The van der Waals surface area contributed by atoms with Gasteiger partial charge in [0.05, 0.1) is 43.8 Å². The van der Waals surface area contributed by atoms with Gasteiger partial charge in [0.15, 0.2) is 0 Å². The minimum absolute atomic E-state index is 0.183. The average molecular weight is 510 g/mol. The Morgan fingerprint density at radius 2 is 1.89 bits per heavy atom. The van der Waals surface area contributed by atoms with Crippen LogP contribution in [0.25, 0.3) is 28.2 Å². The van der Waals surface area contributed by atoms with E-state index in [9.17, 15) is 4.79 Å². The van der Waals surface area contributed by atoms with Crippen molar-refractivity contribution in [3.63, 3.8) is 0 Å². The molecule has 0 bridgehead atoms. The molecule has 0 radical (unpaired) electrons. The third kappa shape index (κ3) is 5.67. The molecule has 0 atom stereocenters. The first-order valence-corrected chi connectivity index (χ1v) is 13.1. The minimum atomic E-state index is -0.183. The third-order valence-corrected chi connectivity index (χ3v) is 7.09. The van der Waals surface area contributed by atoms with Gasteiger partial charge in [0.25, 0.3) is 0 Å². The number of imidazole rings is 1. The fourth-order valence-corrected chi connectivity index (χ4v) is 4.90. The first-order valence-electron chi connectivity index (χ1n) is 13.1. The zero-order valence-corrected chi connectivity index (χ0v) is 21.3. The van der Waals surface area contributed by atoms with Crippen molar-refractivity contribution in [2.24, 2.45) is 5.92 Å². The number of rotatable bonds is 8. The Kier molecular flexibility index (Phi) is 7.26. The van der Waals surface area contributed by atoms with Gasteiger partial charge in [-0.2, -0.15) is 0 Å². The van der Waals surface area contributed by atoms with Gasteiger partial charge in [-0.05, 0) is 53.1 Å². The van der Waals surface area contributed by atoms with Crippen molar-refractivity contribution in [1.29, 1.82) is 0 Å². The molecule has 1 amide bonds. The number of morpholine rings is 1. The van der Waals surface area contributed by atoms with Gasteiger partial charge in [-0.25, -0.2) is 4.98 Å². The van der Waals surface area contributed by atoms with Crippen molar-refractivity contribution in [3.8, 4) is 11.1 Å². The topological polar surface area (TPSA) is 81.5 Å². The van der Waals surface area contributed by atoms with Crippen molar-refractivity contribution in [2.45, 2.75) is 13.1 Å². The van der Waals surface area contributed by atoms with Crippen molar-refractivity contribution in [2.75, 3.05) is 44.8 Å². The zero-order chi connectivity index (χ0) is 25.7. The standard InChI is InChI=1S/C30H31N5O3/c36-30(33-26-5-1-22(2-6-26)17-34-11-13-37-14-12-34)8-4-25-16-31-10-9-27(25)24-3-7-28-29(15-24)35(21-32-28)18-23-19-38-20-23/h1-10,15-16,21,23H,11-14,17-20H2,(H,33,36)/b8-4+. The van der Waals surface area contributed by atoms with Crippen LogP contribution in [0.15, 0.2) is 73.3 Å². The Balaban J connectivity index is 1.13. The molecule has 8 heteroatoms. The van der Waals surface area contributed by atoms with Crippen LogP contribution in [0.3, 0.4) is 0 Å². The monoisotopic (exact) mass is 509 g/mol. The van der Waals surface area contributed by atoms with Crippen LogP contribution < -0.4 is 5.32 Å². The number of benzene rings is 2. The molecule has 8 nitrogen and oxygen atoms in total. The number of amides is 1. The van der Waals surface area contributed by atoms with E-state index in [0.717, 1.165) is 86.0 Å². The molecule has 2 aromatic heterocycles. The number of fused-ring (bicyclic) bond motifs is 1. The molecule has 4 heterocycles. The molecular formula is C30H31N5O3. The molecule has 4 aromatic rings. The number of hydrogen-bond acceptors (Lipinski definition) is 6. The summed E-state index contributed by atoms with van der Waals surface area (Å²) in [5.74, 6) is 0.354. The highest BCUT2D eigenvalue weighted by Gasteiger charge is 2.20. The summed E-state index contributed by atoms with van der Waals surface area (Å²) in [5.41, 5.74) is 7.00. The lowest BCUT2D eigenvalue weighted by atomic mass is 10.0. The fourth-order valence-electron chi connectivity index (χ4n) is 4.90. The summed E-state index contributed by atoms with van der Waals surface area (Å²) in [6.45, 7) is 6.88. The lowest BCUT2D eigenvalue weighted by molar-refractivity contribution is -0.111. The highest BCUT2D eigenvalue weighted by Crippen LogP contribution is 2.28. The van der Waals surface area contributed by atoms with Crippen molar-refractivity contribution >= 4 is 28.7 Å². The second-order valence-corrected chi connectivity index (χ2v) is 9.87. The van der Waals surface area contributed by atoms with Crippen LogP contribution in [0.1, 0.15) is 11.1 Å². The zero-order valence-electron chi connectivity index (χ0n) is 21.3. The Bertz CT molecular complexity index is 1440. The van der Waals surface area contributed by atoms with Gasteiger partial charge in [0, 0.05) is 61.8 Å². The molecular weight excluding hydrogens is 478 g/mol. The Morgan fingerprint density at radius 1 is 1.05 bits per heavy atom. The first kappa shape index (κ1) is 24.5. The maximum atomic E-state index is 12.7. The minimum Gasteiger partial charge on any atom is -0.381 e. The van der Waals surface area contributed by atoms with Gasteiger partial charge < -0.3 is 19.4 Å². The molecule has 2 aromatic carbocycles. The second-order valence-electron chi connectivity index (χ2n) is 9.87. The molecule has 2 aliphatic heterocycles. The number of nitrogens with one attached hydrogen (secondary N) is 1. The van der Waals surface area contributed by atoms with Gasteiger partial charge in [-0.1, -0.05) is 18.2 Å². The smallest absolute Gasteiger partial charge is 0.248 e. The van der Waals surface area contributed by atoms with Crippen LogP contribution in [0.4, 0.5) is 5.69 Å². The lowest BCUT2D eigenvalue weighted by Gasteiger charge is -2.26. The quantitative estimate of drug-likeness (QED) is 0.358. The normalized spacial score (nSPS) is 16.6. The molecule has 0 unspecified atom stereocenters. The Hall–Kier alpha value is -3.85. The van der Waals surface area contributed by atoms with Gasteiger partial charge in [-0.3, -0.25) is 14.7 Å². The summed E-state index contributed by atoms with van der Waals surface area (Å²) in [7, 11) is 0. The predicted octanol–water partition coefficient (Wildman–Crippen LogP) is 4.23. The number of nitrogens with zero attached hydrogens (tertiary/aromatic N) is 4. The number of carbonyl (C=O) groups excluding carboxylic acids is 1. The molecule has 6 rings (SSSR count). The molecule has 38 heavy (non-hydrogen) atoms. The summed E-state index contributed by atoms with van der Waals surface area (Å²) in [6.07, 6.45) is 8.84. The molecule has 2 fully saturated rings. The number of anilines is 1. The van der Waals surface area contributed by atoms with E-state index in [1.165, 1.54) is 5.56 Å². The van der Waals surface area contributed by atoms with E-state index < -0.39 is 0 Å². The fraction of sp³-hybridized carbons (Fsp3) is 0.300. The van der Waals surface area contributed by atoms with E-state index in [-0.39, 0.29) is 5.91 Å². The SMILES string of the molecule is O=C(/C=C/c1cnccc1-c1ccc2ncn(CC3COC3)c2c1)Nc1ccc(CN2CCOCC2)cc1. The highest BCUT2D eigenvalue weighted by atomic mass is 16.5. The van der Waals surface area contributed by atoms with E-state index in [1.54, 1.807) is 18.5 Å². The van der Waals surface area contributed by atoms with E-state index in [0.29, 0.717) is 5.92 Å². The summed E-state index contributed by atoms with van der Waals surface area (Å²) >= 11 is 0. The maximum Gasteiger partial charge on any atom is 0.248 e. The average Bonchev–Trinajstić information content (AvgIpc) is 3.33. The largest absolute Gasteiger partial charge is 0.381 e. The summed E-state index contributed by atoms with van der Waals surface area (Å²) < 4.78 is 12.9. The first-order chi connectivity index (χ1) is 18.7. The second kappa shape index (κ2) is 11.3. The van der Waals surface area contributed by atoms with E-state index in [1.807, 2.05) is 36.7 Å². The number of pyridine rings is 1. The van der Waals surface area contributed by atoms with Crippen molar-refractivity contribution in [3.05, 3.63) is 84.5 Å². The Morgan fingerprint density at radius 3 is 2.68 bits per heavy atom. The third-order valence-electron chi connectivity index (χ3n) is 7.09. The summed E-state index contributed by atoms with van der Waals surface area (Å²) in [4.78, 5) is 23.9. The van der Waals surface area contributed by atoms with Gasteiger partial charge in [0.1, 0.15) is 0 Å². The van der Waals surface area contributed by atoms with Gasteiger partial charge in [0.2, 0.25) is 5.91 Å². The summed E-state index contributed by atoms with van der Waals surface area (Å²) in [6, 6.07) is 16.3. The highest BCUT2D eigenvalue weighted by molar-refractivity contribution is 6.02. The van der Waals surface area contributed by atoms with Gasteiger partial charge >= 0.3 is 0 Å². The predicted molar refractivity (Wildman–Crippen MR) is 147 cm³/mol. The van der Waals surface area contributed by atoms with Crippen molar-refractivity contribution < 1.29 is 14.3 Å². The number of hydrogen-bond donors (Lipinski definition) is 1. The lowest BCUT2D eigenvalue weighted by Crippen LogP contribution is -2.35. The van der Waals surface area contributed by atoms with Crippen molar-refractivity contribution in [1.82, 2.24) is 19.4 Å². The molecule has 2 aliphatic rings. The molecule has 0 aliphatic carbocycles. The molecule has 0 spiro atoms. The van der Waals surface area contributed by atoms with Crippen LogP contribution >= 0.6 is 0 Å².